The quantitative estimate of drug-likeness (QED) is 0.734. The van der Waals surface area contributed by atoms with Crippen LogP contribution >= 0.6 is 0 Å². The van der Waals surface area contributed by atoms with Crippen LogP contribution in [0.1, 0.15) is 32.6 Å². The van der Waals surface area contributed by atoms with Crippen LogP contribution in [-0.4, -0.2) is 45.2 Å². The molecule has 0 unspecified atom stereocenters. The summed E-state index contributed by atoms with van der Waals surface area (Å²) in [6.07, 6.45) is 5.75. The molecule has 17 heavy (non-hydrogen) atoms. The summed E-state index contributed by atoms with van der Waals surface area (Å²) in [4.78, 5) is 2.43. The lowest BCUT2D eigenvalue weighted by Gasteiger charge is -2.36. The minimum Gasteiger partial charge on any atom is -0.296 e. The van der Waals surface area contributed by atoms with E-state index in [1.165, 1.54) is 31.1 Å². The van der Waals surface area contributed by atoms with E-state index in [-0.39, 0.29) is 0 Å². The van der Waals surface area contributed by atoms with Gasteiger partial charge in [-0.05, 0) is 32.7 Å². The Labute approximate surface area is 105 Å². The van der Waals surface area contributed by atoms with Gasteiger partial charge in [0.1, 0.15) is 0 Å². The van der Waals surface area contributed by atoms with Gasteiger partial charge < -0.3 is 0 Å². The zero-order valence-corrected chi connectivity index (χ0v) is 11.7. The average molecular weight is 260 g/mol. The fourth-order valence-electron chi connectivity index (χ4n) is 2.35. The molecule has 1 heterocycles. The molecule has 1 aliphatic heterocycles. The van der Waals surface area contributed by atoms with Gasteiger partial charge in [0.25, 0.3) is 0 Å². The first kappa shape index (κ1) is 14.7. The van der Waals surface area contributed by atoms with Crippen LogP contribution in [-0.2, 0) is 10.0 Å². The highest BCUT2D eigenvalue weighted by atomic mass is 32.2. The number of likely N-dealkylation sites (tertiary alicyclic amines) is 1. The van der Waals surface area contributed by atoms with Crippen molar-refractivity contribution in [2.45, 2.75) is 38.6 Å². The molecule has 5 heteroatoms. The summed E-state index contributed by atoms with van der Waals surface area (Å²) in [5.41, 5.74) is 1.17. The van der Waals surface area contributed by atoms with E-state index in [4.69, 9.17) is 0 Å². The van der Waals surface area contributed by atoms with Crippen LogP contribution in [0.3, 0.4) is 0 Å². The minimum atomic E-state index is -3.05. The van der Waals surface area contributed by atoms with Crippen molar-refractivity contribution in [3.05, 3.63) is 12.2 Å². The molecule has 1 fully saturated rings. The van der Waals surface area contributed by atoms with Crippen molar-refractivity contribution in [3.63, 3.8) is 0 Å². The van der Waals surface area contributed by atoms with Gasteiger partial charge in [0.05, 0.1) is 6.26 Å². The molecule has 0 aromatic carbocycles. The van der Waals surface area contributed by atoms with Crippen LogP contribution in [0, 0.1) is 0 Å². The number of piperidine rings is 1. The zero-order valence-electron chi connectivity index (χ0n) is 10.9. The Morgan fingerprint density at radius 3 is 2.76 bits per heavy atom. The largest absolute Gasteiger partial charge is 0.296 e. The molecule has 1 N–H and O–H groups in total. The Morgan fingerprint density at radius 2 is 2.18 bits per heavy atom. The molecule has 0 amide bonds. The van der Waals surface area contributed by atoms with Crippen molar-refractivity contribution in [2.24, 2.45) is 0 Å². The van der Waals surface area contributed by atoms with Gasteiger partial charge in [-0.3, -0.25) is 4.90 Å². The van der Waals surface area contributed by atoms with E-state index < -0.39 is 10.0 Å². The fraction of sp³-hybridized carbons (Fsp3) is 0.833. The van der Waals surface area contributed by atoms with E-state index in [1.54, 1.807) is 0 Å². The molecule has 0 spiro atoms. The van der Waals surface area contributed by atoms with Gasteiger partial charge in [-0.1, -0.05) is 18.6 Å². The SMILES string of the molecule is C=C(C)CN1CCCC[C@@H]1CCNS(C)(=O)=O. The van der Waals surface area contributed by atoms with Gasteiger partial charge in [0.2, 0.25) is 10.0 Å². The van der Waals surface area contributed by atoms with Gasteiger partial charge >= 0.3 is 0 Å². The third-order valence-electron chi connectivity index (χ3n) is 3.06. The molecule has 0 aromatic heterocycles. The summed E-state index contributed by atoms with van der Waals surface area (Å²) >= 11 is 0. The lowest BCUT2D eigenvalue weighted by Crippen LogP contribution is -2.42. The van der Waals surface area contributed by atoms with Crippen molar-refractivity contribution in [2.75, 3.05) is 25.9 Å². The second-order valence-corrected chi connectivity index (χ2v) is 6.87. The van der Waals surface area contributed by atoms with Crippen molar-refractivity contribution in [3.8, 4) is 0 Å². The smallest absolute Gasteiger partial charge is 0.208 e. The van der Waals surface area contributed by atoms with Gasteiger partial charge in [-0.15, -0.1) is 0 Å². The highest BCUT2D eigenvalue weighted by Crippen LogP contribution is 2.20. The summed E-state index contributed by atoms with van der Waals surface area (Å²) < 4.78 is 24.6. The molecule has 1 aliphatic rings. The lowest BCUT2D eigenvalue weighted by atomic mass is 9.99. The van der Waals surface area contributed by atoms with Crippen molar-refractivity contribution < 1.29 is 8.42 Å². The van der Waals surface area contributed by atoms with Crippen LogP contribution < -0.4 is 4.72 Å². The first-order chi connectivity index (χ1) is 7.88. The predicted octanol–water partition coefficient (Wildman–Crippen LogP) is 1.36. The highest BCUT2D eigenvalue weighted by Gasteiger charge is 2.21. The normalized spacial score (nSPS) is 22.6. The van der Waals surface area contributed by atoms with E-state index in [2.05, 4.69) is 16.2 Å². The van der Waals surface area contributed by atoms with Gasteiger partial charge in [0, 0.05) is 19.1 Å². The average Bonchev–Trinajstić information content (AvgIpc) is 2.18. The molecule has 100 valence electrons. The molecule has 4 nitrogen and oxygen atoms in total. The first-order valence-electron chi connectivity index (χ1n) is 6.21. The van der Waals surface area contributed by atoms with E-state index in [0.717, 1.165) is 19.5 Å². The van der Waals surface area contributed by atoms with Crippen LogP contribution in [0.4, 0.5) is 0 Å². The van der Waals surface area contributed by atoms with E-state index in [9.17, 15) is 8.42 Å². The summed E-state index contributed by atoms with van der Waals surface area (Å²) in [7, 11) is -3.05. The third kappa shape index (κ3) is 6.19. The van der Waals surface area contributed by atoms with E-state index in [1.807, 2.05) is 6.92 Å². The maximum atomic E-state index is 11.0. The molecular weight excluding hydrogens is 236 g/mol. The Bertz CT molecular complexity index is 352. The van der Waals surface area contributed by atoms with Crippen molar-refractivity contribution >= 4 is 10.0 Å². The molecule has 0 saturated carbocycles. The molecule has 0 aliphatic carbocycles. The lowest BCUT2D eigenvalue weighted by molar-refractivity contribution is 0.154. The summed E-state index contributed by atoms with van der Waals surface area (Å²) in [5, 5.41) is 0. The number of rotatable bonds is 6. The van der Waals surface area contributed by atoms with Crippen LogP contribution in [0.25, 0.3) is 0 Å². The van der Waals surface area contributed by atoms with Gasteiger partial charge in [-0.2, -0.15) is 0 Å². The maximum absolute atomic E-state index is 11.0. The number of hydrogen-bond acceptors (Lipinski definition) is 3. The Balaban J connectivity index is 2.40. The van der Waals surface area contributed by atoms with Crippen molar-refractivity contribution in [1.82, 2.24) is 9.62 Å². The Kier molecular flexibility index (Phi) is 5.62. The standard InChI is InChI=1S/C12H24N2O2S/c1-11(2)10-14-9-5-4-6-12(14)7-8-13-17(3,15)16/h12-13H,1,4-10H2,2-3H3/t12-/m1/s1. The first-order valence-corrected chi connectivity index (χ1v) is 8.10. The van der Waals surface area contributed by atoms with Crippen LogP contribution in [0.5, 0.6) is 0 Å². The number of nitrogens with zero attached hydrogens (tertiary/aromatic N) is 1. The van der Waals surface area contributed by atoms with Gasteiger partial charge in [-0.25, -0.2) is 13.1 Å². The van der Waals surface area contributed by atoms with Gasteiger partial charge in [0.15, 0.2) is 0 Å². The molecule has 0 aromatic rings. The number of nitrogens with one attached hydrogen (secondary N) is 1. The minimum absolute atomic E-state index is 0.495. The summed E-state index contributed by atoms with van der Waals surface area (Å²) in [5.74, 6) is 0. The molecule has 1 saturated heterocycles. The molecular formula is C12H24N2O2S. The summed E-state index contributed by atoms with van der Waals surface area (Å²) in [6, 6.07) is 0.495. The topological polar surface area (TPSA) is 49.4 Å². The molecule has 1 atom stereocenters. The molecule has 1 rings (SSSR count). The predicted molar refractivity (Wildman–Crippen MR) is 71.5 cm³/mol. The van der Waals surface area contributed by atoms with Crippen molar-refractivity contribution in [1.29, 1.82) is 0 Å². The Hall–Kier alpha value is -0.390. The Morgan fingerprint density at radius 1 is 1.47 bits per heavy atom. The summed E-state index contributed by atoms with van der Waals surface area (Å²) in [6.45, 7) is 8.57. The fourth-order valence-corrected chi connectivity index (χ4v) is 2.84. The maximum Gasteiger partial charge on any atom is 0.208 e. The number of sulfonamides is 1. The number of hydrogen-bond donors (Lipinski definition) is 1. The second kappa shape index (κ2) is 6.52. The molecule has 0 radical (unpaired) electrons. The van der Waals surface area contributed by atoms with Crippen LogP contribution in [0.15, 0.2) is 12.2 Å². The van der Waals surface area contributed by atoms with E-state index >= 15 is 0 Å². The monoisotopic (exact) mass is 260 g/mol. The highest BCUT2D eigenvalue weighted by molar-refractivity contribution is 7.88. The van der Waals surface area contributed by atoms with Crippen LogP contribution in [0.2, 0.25) is 0 Å². The molecule has 0 bridgehead atoms. The zero-order chi connectivity index (χ0) is 12.9. The third-order valence-corrected chi connectivity index (χ3v) is 3.79. The van der Waals surface area contributed by atoms with E-state index in [0.29, 0.717) is 12.6 Å². The second-order valence-electron chi connectivity index (χ2n) is 5.03.